The zero-order valence-electron chi connectivity index (χ0n) is 15.6. The van der Waals surface area contributed by atoms with Crippen molar-refractivity contribution in [3.05, 3.63) is 28.2 Å². The number of amides is 2. The van der Waals surface area contributed by atoms with Gasteiger partial charge < -0.3 is 15.3 Å². The van der Waals surface area contributed by atoms with Crippen LogP contribution in [-0.4, -0.2) is 40.9 Å². The molecule has 0 spiro atoms. The zero-order chi connectivity index (χ0) is 20.1. The number of nitriles is 1. The lowest BCUT2D eigenvalue weighted by molar-refractivity contribution is -0.146. The summed E-state index contributed by atoms with van der Waals surface area (Å²) in [5, 5.41) is 21.8. The molecule has 2 unspecified atom stereocenters. The molecule has 1 aromatic rings. The maximum Gasteiger partial charge on any atom is 0.307 e. The van der Waals surface area contributed by atoms with Crippen molar-refractivity contribution in [1.82, 2.24) is 4.90 Å². The van der Waals surface area contributed by atoms with E-state index in [2.05, 4.69) is 11.4 Å². The van der Waals surface area contributed by atoms with Crippen molar-refractivity contribution in [2.75, 3.05) is 18.4 Å². The fraction of sp³-hybridized carbons (Fsp3) is 0.474. The Morgan fingerprint density at radius 3 is 2.37 bits per heavy atom. The Bertz CT molecular complexity index is 818. The van der Waals surface area contributed by atoms with E-state index in [1.54, 1.807) is 24.0 Å². The zero-order valence-corrected chi connectivity index (χ0v) is 16.4. The van der Waals surface area contributed by atoms with E-state index in [4.69, 9.17) is 0 Å². The maximum absolute atomic E-state index is 12.7. The van der Waals surface area contributed by atoms with E-state index in [0.717, 1.165) is 11.3 Å². The Morgan fingerprint density at radius 1 is 1.26 bits per heavy atom. The van der Waals surface area contributed by atoms with Crippen LogP contribution in [0.15, 0.2) is 12.2 Å². The Balaban J connectivity index is 2.31. The SMILES string of the molecule is CCN(CC)C(=O)c1sc(NC(=O)C2CC=CCC2C(=O)O)c(C#N)c1C. The van der Waals surface area contributed by atoms with Gasteiger partial charge in [0.2, 0.25) is 5.91 Å². The van der Waals surface area contributed by atoms with Crippen LogP contribution in [0.4, 0.5) is 5.00 Å². The molecule has 0 bridgehead atoms. The molecule has 7 nitrogen and oxygen atoms in total. The highest BCUT2D eigenvalue weighted by Crippen LogP contribution is 2.35. The van der Waals surface area contributed by atoms with Crippen molar-refractivity contribution in [3.8, 4) is 6.07 Å². The van der Waals surface area contributed by atoms with Crippen molar-refractivity contribution < 1.29 is 19.5 Å². The lowest BCUT2D eigenvalue weighted by Gasteiger charge is -2.23. The number of carboxylic acid groups (broad SMARTS) is 1. The van der Waals surface area contributed by atoms with Gasteiger partial charge in [-0.3, -0.25) is 14.4 Å². The first-order chi connectivity index (χ1) is 12.8. The highest BCUT2D eigenvalue weighted by Gasteiger charge is 2.35. The number of nitrogens with zero attached hydrogens (tertiary/aromatic N) is 2. The van der Waals surface area contributed by atoms with Gasteiger partial charge in [0.05, 0.1) is 22.3 Å². The molecule has 0 aromatic carbocycles. The van der Waals surface area contributed by atoms with Crippen molar-refractivity contribution in [2.45, 2.75) is 33.6 Å². The van der Waals surface area contributed by atoms with E-state index < -0.39 is 23.7 Å². The van der Waals surface area contributed by atoms with E-state index in [0.29, 0.717) is 41.4 Å². The summed E-state index contributed by atoms with van der Waals surface area (Å²) in [6.45, 7) is 6.53. The summed E-state index contributed by atoms with van der Waals surface area (Å²) >= 11 is 1.07. The molecule has 1 aromatic heterocycles. The average molecular weight is 389 g/mol. The van der Waals surface area contributed by atoms with Gasteiger partial charge in [-0.2, -0.15) is 5.26 Å². The molecule has 1 heterocycles. The quantitative estimate of drug-likeness (QED) is 0.727. The summed E-state index contributed by atoms with van der Waals surface area (Å²) in [6, 6.07) is 2.05. The lowest BCUT2D eigenvalue weighted by atomic mass is 9.82. The lowest BCUT2D eigenvalue weighted by Crippen LogP contribution is -2.34. The molecular formula is C19H23N3O4S. The first-order valence-corrected chi connectivity index (χ1v) is 9.68. The van der Waals surface area contributed by atoms with E-state index in [1.165, 1.54) is 0 Å². The molecule has 1 aliphatic carbocycles. The molecule has 2 N–H and O–H groups in total. The summed E-state index contributed by atoms with van der Waals surface area (Å²) in [5.74, 6) is -3.13. The van der Waals surface area contributed by atoms with Crippen molar-refractivity contribution in [2.24, 2.45) is 11.8 Å². The van der Waals surface area contributed by atoms with Gasteiger partial charge in [0.1, 0.15) is 11.1 Å². The smallest absolute Gasteiger partial charge is 0.307 e. The molecule has 2 atom stereocenters. The van der Waals surface area contributed by atoms with Crippen LogP contribution in [-0.2, 0) is 9.59 Å². The second-order valence-electron chi connectivity index (χ2n) is 6.33. The normalized spacial score (nSPS) is 18.6. The van der Waals surface area contributed by atoms with Gasteiger partial charge in [0.15, 0.2) is 0 Å². The minimum Gasteiger partial charge on any atom is -0.481 e. The molecule has 27 heavy (non-hydrogen) atoms. The van der Waals surface area contributed by atoms with Gasteiger partial charge in [-0.1, -0.05) is 12.2 Å². The Hall–Kier alpha value is -2.66. The molecule has 2 rings (SSSR count). The molecule has 8 heteroatoms. The predicted octanol–water partition coefficient (Wildman–Crippen LogP) is 3.02. The van der Waals surface area contributed by atoms with E-state index in [9.17, 15) is 24.8 Å². The second-order valence-corrected chi connectivity index (χ2v) is 7.35. The van der Waals surface area contributed by atoms with Gasteiger partial charge in [-0.05, 0) is 39.2 Å². The van der Waals surface area contributed by atoms with Gasteiger partial charge >= 0.3 is 5.97 Å². The van der Waals surface area contributed by atoms with E-state index >= 15 is 0 Å². The first-order valence-electron chi connectivity index (χ1n) is 8.87. The highest BCUT2D eigenvalue weighted by atomic mass is 32.1. The van der Waals surface area contributed by atoms with E-state index in [1.807, 2.05) is 13.8 Å². The first kappa shape index (κ1) is 20.6. The Labute approximate surface area is 162 Å². The van der Waals surface area contributed by atoms with Crippen LogP contribution in [0.25, 0.3) is 0 Å². The predicted molar refractivity (Wildman–Crippen MR) is 103 cm³/mol. The fourth-order valence-corrected chi connectivity index (χ4v) is 4.30. The third-order valence-electron chi connectivity index (χ3n) is 4.83. The number of rotatable bonds is 6. The molecule has 144 valence electrons. The summed E-state index contributed by atoms with van der Waals surface area (Å²) in [6.07, 6.45) is 4.19. The topological polar surface area (TPSA) is 110 Å². The molecule has 0 saturated heterocycles. The van der Waals surface area contributed by atoms with Gasteiger partial charge in [-0.15, -0.1) is 11.3 Å². The average Bonchev–Trinajstić information content (AvgIpc) is 2.97. The molecular weight excluding hydrogens is 366 g/mol. The molecule has 2 amide bonds. The second kappa shape index (κ2) is 8.82. The third kappa shape index (κ3) is 4.19. The Morgan fingerprint density at radius 2 is 1.85 bits per heavy atom. The van der Waals surface area contributed by atoms with Crippen LogP contribution in [0.3, 0.4) is 0 Å². The Kier molecular flexibility index (Phi) is 6.75. The number of hydrogen-bond donors (Lipinski definition) is 2. The number of aliphatic carboxylic acids is 1. The standard InChI is InChI=1S/C19H23N3O4S/c1-4-22(5-2)18(24)15-11(3)14(10-20)17(27-15)21-16(23)12-8-6-7-9-13(12)19(25)26/h6-7,12-13H,4-5,8-9H2,1-3H3,(H,21,23)(H,25,26). The number of anilines is 1. The van der Waals surface area contributed by atoms with Gasteiger partial charge in [0.25, 0.3) is 5.91 Å². The number of carbonyl (C=O) groups excluding carboxylic acids is 2. The highest BCUT2D eigenvalue weighted by molar-refractivity contribution is 7.18. The fourth-order valence-electron chi connectivity index (χ4n) is 3.18. The third-order valence-corrected chi connectivity index (χ3v) is 6.02. The molecule has 0 aliphatic heterocycles. The van der Waals surface area contributed by atoms with Crippen LogP contribution in [0.1, 0.15) is 47.5 Å². The van der Waals surface area contributed by atoms with Crippen LogP contribution in [0.2, 0.25) is 0 Å². The monoisotopic (exact) mass is 389 g/mol. The summed E-state index contributed by atoms with van der Waals surface area (Å²) in [4.78, 5) is 38.8. The van der Waals surface area contributed by atoms with Crippen LogP contribution in [0.5, 0.6) is 0 Å². The largest absolute Gasteiger partial charge is 0.481 e. The van der Waals surface area contributed by atoms with Crippen LogP contribution < -0.4 is 5.32 Å². The van der Waals surface area contributed by atoms with Gasteiger partial charge in [-0.25, -0.2) is 0 Å². The minimum atomic E-state index is -1.01. The number of carboxylic acids is 1. The van der Waals surface area contributed by atoms with E-state index in [-0.39, 0.29) is 11.5 Å². The number of thiophene rings is 1. The van der Waals surface area contributed by atoms with Crippen LogP contribution in [0, 0.1) is 30.1 Å². The molecule has 0 radical (unpaired) electrons. The number of carbonyl (C=O) groups is 3. The summed E-state index contributed by atoms with van der Waals surface area (Å²) in [7, 11) is 0. The molecule has 0 saturated carbocycles. The van der Waals surface area contributed by atoms with Crippen molar-refractivity contribution in [3.63, 3.8) is 0 Å². The summed E-state index contributed by atoms with van der Waals surface area (Å²) in [5.41, 5.74) is 0.787. The maximum atomic E-state index is 12.7. The number of allylic oxidation sites excluding steroid dienone is 2. The number of nitrogens with one attached hydrogen (secondary N) is 1. The minimum absolute atomic E-state index is 0.177. The van der Waals surface area contributed by atoms with Crippen molar-refractivity contribution in [1.29, 1.82) is 5.26 Å². The van der Waals surface area contributed by atoms with Crippen molar-refractivity contribution >= 4 is 34.1 Å². The number of hydrogen-bond acceptors (Lipinski definition) is 5. The summed E-state index contributed by atoms with van der Waals surface area (Å²) < 4.78 is 0. The van der Waals surface area contributed by atoms with Crippen LogP contribution >= 0.6 is 11.3 Å². The molecule has 1 aliphatic rings. The van der Waals surface area contributed by atoms with Gasteiger partial charge in [0, 0.05) is 13.1 Å². The molecule has 0 fully saturated rings.